The quantitative estimate of drug-likeness (QED) is 0.855. The van der Waals surface area contributed by atoms with E-state index in [-0.39, 0.29) is 17.4 Å². The number of hydrogen-bond acceptors (Lipinski definition) is 6. The highest BCUT2D eigenvalue weighted by atomic mass is 32.2. The van der Waals surface area contributed by atoms with Gasteiger partial charge in [0, 0.05) is 6.42 Å². The van der Waals surface area contributed by atoms with E-state index in [2.05, 4.69) is 10.1 Å². The van der Waals surface area contributed by atoms with Gasteiger partial charge in [-0.15, -0.1) is 0 Å². The Hall–Kier alpha value is -1.89. The molecule has 21 heavy (non-hydrogen) atoms. The molecule has 1 aliphatic heterocycles. The summed E-state index contributed by atoms with van der Waals surface area (Å²) in [5.74, 6) is 2.14. The molecule has 1 unspecified atom stereocenters. The summed E-state index contributed by atoms with van der Waals surface area (Å²) in [6.07, 6.45) is 1.16. The van der Waals surface area contributed by atoms with Crippen molar-refractivity contribution in [3.8, 4) is 17.1 Å². The summed E-state index contributed by atoms with van der Waals surface area (Å²) in [7, 11) is -1.29. The molecule has 112 valence electrons. The van der Waals surface area contributed by atoms with Gasteiger partial charge in [-0.1, -0.05) is 17.3 Å². The average molecular weight is 308 g/mol. The van der Waals surface area contributed by atoms with Crippen molar-refractivity contribution in [2.75, 3.05) is 18.6 Å². The van der Waals surface area contributed by atoms with Gasteiger partial charge in [-0.05, 0) is 24.5 Å². The number of para-hydroxylation sites is 1. The minimum atomic E-state index is -2.88. The number of sulfone groups is 1. The van der Waals surface area contributed by atoms with Crippen LogP contribution in [0.2, 0.25) is 0 Å². The van der Waals surface area contributed by atoms with Crippen LogP contribution in [-0.2, 0) is 16.3 Å². The fourth-order valence-electron chi connectivity index (χ4n) is 2.56. The van der Waals surface area contributed by atoms with E-state index in [1.807, 2.05) is 24.3 Å². The molecule has 2 aromatic rings. The molecule has 0 spiro atoms. The fraction of sp³-hybridized carbons (Fsp3) is 0.429. The topological polar surface area (TPSA) is 82.3 Å². The number of aromatic nitrogens is 2. The SMILES string of the molecule is COc1ccccc1-c1noc(CC2CCS(=O)(=O)C2)n1. The second-order valence-corrected chi connectivity index (χ2v) is 7.41. The first-order chi connectivity index (χ1) is 10.1. The molecule has 2 heterocycles. The van der Waals surface area contributed by atoms with Gasteiger partial charge in [0.05, 0.1) is 24.2 Å². The summed E-state index contributed by atoms with van der Waals surface area (Å²) in [6.45, 7) is 0. The number of hydrogen-bond donors (Lipinski definition) is 0. The van der Waals surface area contributed by atoms with E-state index in [1.165, 1.54) is 0 Å². The minimum Gasteiger partial charge on any atom is -0.496 e. The second-order valence-electron chi connectivity index (χ2n) is 5.19. The summed E-state index contributed by atoms with van der Waals surface area (Å²) >= 11 is 0. The number of nitrogens with zero attached hydrogens (tertiary/aromatic N) is 2. The van der Waals surface area contributed by atoms with Crippen molar-refractivity contribution in [2.24, 2.45) is 5.92 Å². The molecule has 1 fully saturated rings. The smallest absolute Gasteiger partial charge is 0.227 e. The lowest BCUT2D eigenvalue weighted by Crippen LogP contribution is -2.07. The molecule has 3 rings (SSSR count). The summed E-state index contributed by atoms with van der Waals surface area (Å²) in [6, 6.07) is 7.42. The lowest BCUT2D eigenvalue weighted by Gasteiger charge is -2.03. The zero-order valence-electron chi connectivity index (χ0n) is 11.7. The molecule has 1 aromatic carbocycles. The lowest BCUT2D eigenvalue weighted by atomic mass is 10.1. The molecule has 0 radical (unpaired) electrons. The highest BCUT2D eigenvalue weighted by Gasteiger charge is 2.29. The van der Waals surface area contributed by atoms with Gasteiger partial charge in [0.15, 0.2) is 9.84 Å². The zero-order chi connectivity index (χ0) is 14.9. The van der Waals surface area contributed by atoms with Crippen molar-refractivity contribution in [2.45, 2.75) is 12.8 Å². The summed E-state index contributed by atoms with van der Waals surface area (Å²) in [5.41, 5.74) is 0.758. The lowest BCUT2D eigenvalue weighted by molar-refractivity contribution is 0.359. The van der Waals surface area contributed by atoms with E-state index >= 15 is 0 Å². The van der Waals surface area contributed by atoms with E-state index in [4.69, 9.17) is 9.26 Å². The van der Waals surface area contributed by atoms with Crippen LogP contribution in [0.5, 0.6) is 5.75 Å². The summed E-state index contributed by atoms with van der Waals surface area (Å²) in [5, 5.41) is 3.96. The number of methoxy groups -OCH3 is 1. The van der Waals surface area contributed by atoms with Gasteiger partial charge < -0.3 is 9.26 Å². The van der Waals surface area contributed by atoms with Crippen LogP contribution in [-0.4, -0.2) is 37.2 Å². The molecular formula is C14H16N2O4S. The van der Waals surface area contributed by atoms with Crippen molar-refractivity contribution in [1.29, 1.82) is 0 Å². The number of benzene rings is 1. The summed E-state index contributed by atoms with van der Waals surface area (Å²) in [4.78, 5) is 4.35. The van der Waals surface area contributed by atoms with Gasteiger partial charge >= 0.3 is 0 Å². The van der Waals surface area contributed by atoms with Crippen LogP contribution in [0.25, 0.3) is 11.4 Å². The van der Waals surface area contributed by atoms with Crippen LogP contribution in [0.3, 0.4) is 0 Å². The van der Waals surface area contributed by atoms with Crippen LogP contribution in [0, 0.1) is 5.92 Å². The number of rotatable bonds is 4. The monoisotopic (exact) mass is 308 g/mol. The zero-order valence-corrected chi connectivity index (χ0v) is 12.5. The van der Waals surface area contributed by atoms with Crippen LogP contribution >= 0.6 is 0 Å². The van der Waals surface area contributed by atoms with Crippen LogP contribution in [0.1, 0.15) is 12.3 Å². The van der Waals surface area contributed by atoms with Gasteiger partial charge in [-0.3, -0.25) is 0 Å². The van der Waals surface area contributed by atoms with Crippen molar-refractivity contribution in [1.82, 2.24) is 10.1 Å². The van der Waals surface area contributed by atoms with Gasteiger partial charge in [-0.25, -0.2) is 8.42 Å². The molecule has 0 bridgehead atoms. The standard InChI is InChI=1S/C14H16N2O4S/c1-19-12-5-3-2-4-11(12)14-15-13(20-16-14)8-10-6-7-21(17,18)9-10/h2-5,10H,6-9H2,1H3. The Balaban J connectivity index is 1.78. The predicted molar refractivity (Wildman–Crippen MR) is 76.8 cm³/mol. The van der Waals surface area contributed by atoms with Gasteiger partial charge in [0.1, 0.15) is 5.75 Å². The van der Waals surface area contributed by atoms with Crippen LogP contribution in [0.15, 0.2) is 28.8 Å². The Kier molecular flexibility index (Phi) is 3.67. The number of ether oxygens (including phenoxy) is 1. The third-order valence-corrected chi connectivity index (χ3v) is 5.44. The second kappa shape index (κ2) is 5.48. The molecule has 1 saturated heterocycles. The first kappa shape index (κ1) is 14.1. The highest BCUT2D eigenvalue weighted by Crippen LogP contribution is 2.28. The van der Waals surface area contributed by atoms with E-state index in [1.54, 1.807) is 7.11 Å². The Labute approximate surface area is 123 Å². The maximum Gasteiger partial charge on any atom is 0.227 e. The van der Waals surface area contributed by atoms with E-state index < -0.39 is 9.84 Å². The minimum absolute atomic E-state index is 0.0703. The van der Waals surface area contributed by atoms with Gasteiger partial charge in [0.2, 0.25) is 11.7 Å². The Morgan fingerprint density at radius 3 is 2.90 bits per heavy atom. The molecule has 1 atom stereocenters. The maximum absolute atomic E-state index is 11.5. The third-order valence-electron chi connectivity index (χ3n) is 3.61. The molecule has 7 heteroatoms. The van der Waals surface area contributed by atoms with Crippen LogP contribution in [0.4, 0.5) is 0 Å². The van der Waals surface area contributed by atoms with Gasteiger partial charge in [0.25, 0.3) is 0 Å². The molecule has 0 aliphatic carbocycles. The first-order valence-electron chi connectivity index (χ1n) is 6.74. The van der Waals surface area contributed by atoms with Gasteiger partial charge in [-0.2, -0.15) is 4.98 Å². The van der Waals surface area contributed by atoms with Crippen LogP contribution < -0.4 is 4.74 Å². The third kappa shape index (κ3) is 3.07. The van der Waals surface area contributed by atoms with Crippen molar-refractivity contribution in [3.05, 3.63) is 30.2 Å². The van der Waals surface area contributed by atoms with Crippen molar-refractivity contribution >= 4 is 9.84 Å². The van der Waals surface area contributed by atoms with Crippen molar-refractivity contribution in [3.63, 3.8) is 0 Å². The Morgan fingerprint density at radius 1 is 1.38 bits per heavy atom. The highest BCUT2D eigenvalue weighted by molar-refractivity contribution is 7.91. The Bertz CT molecular complexity index is 739. The largest absolute Gasteiger partial charge is 0.496 e. The molecular weight excluding hydrogens is 292 g/mol. The fourth-order valence-corrected chi connectivity index (χ4v) is 4.42. The average Bonchev–Trinajstić information content (AvgIpc) is 3.06. The Morgan fingerprint density at radius 2 is 2.19 bits per heavy atom. The molecule has 0 amide bonds. The van der Waals surface area contributed by atoms with E-state index in [0.29, 0.717) is 30.3 Å². The molecule has 0 N–H and O–H groups in total. The summed E-state index contributed by atoms with van der Waals surface area (Å²) < 4.78 is 33.4. The van der Waals surface area contributed by atoms with E-state index in [9.17, 15) is 8.42 Å². The van der Waals surface area contributed by atoms with Crippen molar-refractivity contribution < 1.29 is 17.7 Å². The first-order valence-corrected chi connectivity index (χ1v) is 8.56. The molecule has 1 aliphatic rings. The normalized spacial score (nSPS) is 20.5. The molecule has 0 saturated carbocycles. The maximum atomic E-state index is 11.5. The molecule has 1 aromatic heterocycles. The predicted octanol–water partition coefficient (Wildman–Crippen LogP) is 1.72. The van der Waals surface area contributed by atoms with E-state index in [0.717, 1.165) is 5.56 Å². The molecule has 6 nitrogen and oxygen atoms in total.